The predicted octanol–water partition coefficient (Wildman–Crippen LogP) is 4.09. The molecule has 6 heteroatoms. The van der Waals surface area contributed by atoms with Crippen LogP contribution in [-0.2, 0) is 16.3 Å². The molecule has 0 unspecified atom stereocenters. The smallest absolute Gasteiger partial charge is 0.256 e. The van der Waals surface area contributed by atoms with Gasteiger partial charge in [0.15, 0.2) is 9.84 Å². The lowest BCUT2D eigenvalue weighted by Gasteiger charge is -2.15. The summed E-state index contributed by atoms with van der Waals surface area (Å²) in [4.78, 5) is 13.7. The van der Waals surface area contributed by atoms with Crippen molar-refractivity contribution < 1.29 is 13.2 Å². The van der Waals surface area contributed by atoms with Crippen LogP contribution in [-0.4, -0.2) is 31.1 Å². The Bertz CT molecular complexity index is 922. The Kier molecular flexibility index (Phi) is 5.73. The van der Waals surface area contributed by atoms with Crippen LogP contribution in [0, 0.1) is 6.92 Å². The number of thioether (sulfide) groups is 1. The van der Waals surface area contributed by atoms with E-state index in [9.17, 15) is 13.2 Å². The number of carbonyl (C=O) groups excluding carboxylic acids is 1. The van der Waals surface area contributed by atoms with Crippen LogP contribution in [0.3, 0.4) is 0 Å². The van der Waals surface area contributed by atoms with Gasteiger partial charge in [-0.15, -0.1) is 11.8 Å². The third kappa shape index (κ3) is 4.30. The highest BCUT2D eigenvalue weighted by molar-refractivity contribution is 8.02. The topological polar surface area (TPSA) is 63.2 Å². The Hall–Kier alpha value is -1.79. The lowest BCUT2D eigenvalue weighted by atomic mass is 10.1. The van der Waals surface area contributed by atoms with Crippen LogP contribution in [0.1, 0.15) is 34.8 Å². The van der Waals surface area contributed by atoms with Crippen molar-refractivity contribution >= 4 is 33.2 Å². The molecule has 26 heavy (non-hydrogen) atoms. The van der Waals surface area contributed by atoms with Crippen molar-refractivity contribution in [3.63, 3.8) is 0 Å². The van der Waals surface area contributed by atoms with E-state index in [-0.39, 0.29) is 22.7 Å². The molecule has 2 aromatic carbocycles. The first-order chi connectivity index (χ1) is 12.4. The van der Waals surface area contributed by atoms with Crippen LogP contribution >= 0.6 is 11.8 Å². The number of carbonyl (C=O) groups is 1. The molecule has 1 heterocycles. The zero-order valence-corrected chi connectivity index (χ0v) is 16.6. The summed E-state index contributed by atoms with van der Waals surface area (Å²) in [6.07, 6.45) is 1.48. The molecule has 1 aliphatic rings. The van der Waals surface area contributed by atoms with E-state index < -0.39 is 9.84 Å². The molecule has 0 bridgehead atoms. The molecule has 4 nitrogen and oxygen atoms in total. The summed E-state index contributed by atoms with van der Waals surface area (Å²) in [6, 6.07) is 13.4. The van der Waals surface area contributed by atoms with Crippen LogP contribution in [0.15, 0.2) is 47.4 Å². The van der Waals surface area contributed by atoms with Crippen molar-refractivity contribution in [1.29, 1.82) is 0 Å². The minimum Gasteiger partial charge on any atom is -0.321 e. The van der Waals surface area contributed by atoms with Crippen molar-refractivity contribution in [1.82, 2.24) is 0 Å². The quantitative estimate of drug-likeness (QED) is 0.837. The maximum Gasteiger partial charge on any atom is 0.256 e. The molecular formula is C20H23NO3S2. The van der Waals surface area contributed by atoms with Crippen LogP contribution in [0.4, 0.5) is 5.69 Å². The van der Waals surface area contributed by atoms with Gasteiger partial charge in [-0.05, 0) is 43.0 Å². The Morgan fingerprint density at radius 2 is 1.96 bits per heavy atom. The van der Waals surface area contributed by atoms with E-state index in [4.69, 9.17) is 0 Å². The largest absolute Gasteiger partial charge is 0.321 e. The van der Waals surface area contributed by atoms with Gasteiger partial charge in [-0.25, -0.2) is 8.42 Å². The maximum atomic E-state index is 12.9. The molecule has 2 aromatic rings. The predicted molar refractivity (Wildman–Crippen MR) is 108 cm³/mol. The van der Waals surface area contributed by atoms with Gasteiger partial charge < -0.3 is 5.32 Å². The molecule has 0 spiro atoms. The number of para-hydroxylation sites is 1. The maximum absolute atomic E-state index is 12.9. The number of nitrogens with one attached hydrogen (secondary N) is 1. The zero-order chi connectivity index (χ0) is 18.7. The molecule has 1 fully saturated rings. The summed E-state index contributed by atoms with van der Waals surface area (Å²) in [7, 11) is -2.93. The zero-order valence-electron chi connectivity index (χ0n) is 15.0. The monoisotopic (exact) mass is 389 g/mol. The molecule has 0 aliphatic carbocycles. The molecule has 0 saturated carbocycles. The van der Waals surface area contributed by atoms with Crippen LogP contribution in [0.5, 0.6) is 0 Å². The number of benzene rings is 2. The lowest BCUT2D eigenvalue weighted by Crippen LogP contribution is -2.16. The van der Waals surface area contributed by atoms with Gasteiger partial charge in [-0.2, -0.15) is 0 Å². The number of amides is 1. The molecule has 3 rings (SSSR count). The van der Waals surface area contributed by atoms with Crippen LogP contribution in [0.25, 0.3) is 0 Å². The summed E-state index contributed by atoms with van der Waals surface area (Å²) in [5.41, 5.74) is 3.59. The van der Waals surface area contributed by atoms with Crippen molar-refractivity contribution in [3.8, 4) is 0 Å². The fraction of sp³-hybridized carbons (Fsp3) is 0.350. The summed E-state index contributed by atoms with van der Waals surface area (Å²) in [6.45, 7) is 4.05. The fourth-order valence-electron chi connectivity index (χ4n) is 3.17. The Morgan fingerprint density at radius 3 is 2.65 bits per heavy atom. The Balaban J connectivity index is 1.83. The average molecular weight is 390 g/mol. The normalized spacial score (nSPS) is 18.6. The van der Waals surface area contributed by atoms with E-state index in [1.807, 2.05) is 43.3 Å². The summed E-state index contributed by atoms with van der Waals surface area (Å²) in [5.74, 6) is 0.269. The molecule has 0 aromatic heterocycles. The number of hydrogen-bond donors (Lipinski definition) is 1. The van der Waals surface area contributed by atoms with Gasteiger partial charge in [0, 0.05) is 15.8 Å². The molecular weight excluding hydrogens is 366 g/mol. The molecule has 1 aliphatic heterocycles. The first-order valence-electron chi connectivity index (χ1n) is 8.75. The van der Waals surface area contributed by atoms with E-state index >= 15 is 0 Å². The van der Waals surface area contributed by atoms with Gasteiger partial charge in [-0.1, -0.05) is 37.3 Å². The van der Waals surface area contributed by atoms with Crippen molar-refractivity contribution in [3.05, 3.63) is 59.2 Å². The average Bonchev–Trinajstić information content (AvgIpc) is 2.95. The summed E-state index contributed by atoms with van der Waals surface area (Å²) >= 11 is 1.49. The van der Waals surface area contributed by atoms with Gasteiger partial charge in [0.1, 0.15) is 0 Å². The highest BCUT2D eigenvalue weighted by Crippen LogP contribution is 2.33. The lowest BCUT2D eigenvalue weighted by molar-refractivity contribution is 0.102. The summed E-state index contributed by atoms with van der Waals surface area (Å²) < 4.78 is 23.4. The van der Waals surface area contributed by atoms with E-state index in [1.165, 1.54) is 11.8 Å². The minimum absolute atomic E-state index is 0.0126. The molecule has 1 N–H and O–H groups in total. The highest BCUT2D eigenvalue weighted by Gasteiger charge is 2.29. The molecule has 1 saturated heterocycles. The van der Waals surface area contributed by atoms with Crippen LogP contribution < -0.4 is 5.32 Å². The second-order valence-electron chi connectivity index (χ2n) is 6.56. The number of hydrogen-bond acceptors (Lipinski definition) is 4. The number of anilines is 1. The van der Waals surface area contributed by atoms with Crippen molar-refractivity contribution in [2.75, 3.05) is 16.8 Å². The third-order valence-corrected chi connectivity index (χ3v) is 7.92. The van der Waals surface area contributed by atoms with Crippen LogP contribution in [0.2, 0.25) is 0 Å². The fourth-order valence-corrected chi connectivity index (χ4v) is 6.80. The van der Waals surface area contributed by atoms with E-state index in [0.717, 1.165) is 28.1 Å². The number of aryl methyl sites for hydroxylation is 2. The Morgan fingerprint density at radius 1 is 1.19 bits per heavy atom. The SMILES string of the molecule is CCc1cccc(C)c1NC(=O)c1ccccc1S[C@@H]1CCS(=O)(=O)C1. The van der Waals surface area contributed by atoms with E-state index in [2.05, 4.69) is 12.2 Å². The van der Waals surface area contributed by atoms with Gasteiger partial charge in [0.25, 0.3) is 5.91 Å². The summed E-state index contributed by atoms with van der Waals surface area (Å²) in [5, 5.41) is 3.07. The highest BCUT2D eigenvalue weighted by atomic mass is 32.2. The van der Waals surface area contributed by atoms with Gasteiger partial charge in [0.05, 0.1) is 17.1 Å². The van der Waals surface area contributed by atoms with Gasteiger partial charge in [-0.3, -0.25) is 4.79 Å². The van der Waals surface area contributed by atoms with E-state index in [1.54, 1.807) is 6.07 Å². The van der Waals surface area contributed by atoms with Gasteiger partial charge >= 0.3 is 0 Å². The molecule has 1 atom stereocenters. The third-order valence-electron chi connectivity index (χ3n) is 4.59. The first-order valence-corrected chi connectivity index (χ1v) is 11.5. The number of rotatable bonds is 5. The standard InChI is InChI=1S/C20H23NO3S2/c1-3-15-8-6-7-14(2)19(15)21-20(22)17-9-4-5-10-18(17)25-16-11-12-26(23,24)13-16/h4-10,16H,3,11-13H2,1-2H3,(H,21,22)/t16-/m1/s1. The second-order valence-corrected chi connectivity index (χ2v) is 10.1. The van der Waals surface area contributed by atoms with E-state index in [0.29, 0.717) is 12.0 Å². The van der Waals surface area contributed by atoms with Crippen molar-refractivity contribution in [2.45, 2.75) is 36.8 Å². The molecule has 1 amide bonds. The second kappa shape index (κ2) is 7.84. The van der Waals surface area contributed by atoms with Crippen molar-refractivity contribution in [2.24, 2.45) is 0 Å². The molecule has 138 valence electrons. The Labute approximate surface area is 159 Å². The minimum atomic E-state index is -2.93. The first kappa shape index (κ1) is 19.0. The molecule has 0 radical (unpaired) electrons. The number of sulfone groups is 1. The van der Waals surface area contributed by atoms with Gasteiger partial charge in [0.2, 0.25) is 0 Å².